The predicted octanol–water partition coefficient (Wildman–Crippen LogP) is 3.26. The number of esters is 1. The smallest absolute Gasteiger partial charge is 0.338 e. The number of benzene rings is 1. The van der Waals surface area contributed by atoms with Crippen LogP contribution in [0.25, 0.3) is 0 Å². The average Bonchev–Trinajstić information content (AvgIpc) is 2.56. The molecule has 5 nitrogen and oxygen atoms in total. The summed E-state index contributed by atoms with van der Waals surface area (Å²) in [6.45, 7) is 1.60. The molecular formula is C17H23ClN2O3. The Balaban J connectivity index is 1.96. The molecule has 0 bridgehead atoms. The monoisotopic (exact) mass is 338 g/mol. The van der Waals surface area contributed by atoms with Crippen molar-refractivity contribution in [3.05, 3.63) is 28.8 Å². The molecule has 0 unspecified atom stereocenters. The topological polar surface area (TPSA) is 72.6 Å². The summed E-state index contributed by atoms with van der Waals surface area (Å²) in [5.41, 5.74) is 6.27. The molecule has 0 aliphatic heterocycles. The van der Waals surface area contributed by atoms with Crippen molar-refractivity contribution in [3.63, 3.8) is 0 Å². The van der Waals surface area contributed by atoms with Gasteiger partial charge in [-0.2, -0.15) is 0 Å². The second kappa shape index (κ2) is 7.68. The van der Waals surface area contributed by atoms with Crippen LogP contribution in [0.1, 0.15) is 49.4 Å². The average molecular weight is 339 g/mol. The first-order valence-corrected chi connectivity index (χ1v) is 8.30. The number of nitrogens with two attached hydrogens (primary N) is 1. The van der Waals surface area contributed by atoms with Gasteiger partial charge in [-0.1, -0.05) is 30.9 Å². The van der Waals surface area contributed by atoms with Gasteiger partial charge >= 0.3 is 5.97 Å². The van der Waals surface area contributed by atoms with Crippen LogP contribution in [-0.2, 0) is 9.53 Å². The second-order valence-corrected chi connectivity index (χ2v) is 6.43. The van der Waals surface area contributed by atoms with Crippen LogP contribution in [0, 0.1) is 0 Å². The molecule has 2 rings (SSSR count). The molecule has 0 aromatic heterocycles. The van der Waals surface area contributed by atoms with Crippen molar-refractivity contribution in [1.82, 2.24) is 4.90 Å². The van der Waals surface area contributed by atoms with Crippen LogP contribution in [0.3, 0.4) is 0 Å². The molecule has 0 heterocycles. The summed E-state index contributed by atoms with van der Waals surface area (Å²) in [5.74, 6) is -0.751. The van der Waals surface area contributed by atoms with Crippen LogP contribution in [0.2, 0.25) is 5.02 Å². The fourth-order valence-electron chi connectivity index (χ4n) is 2.88. The van der Waals surface area contributed by atoms with E-state index in [1.54, 1.807) is 18.9 Å². The maximum Gasteiger partial charge on any atom is 0.338 e. The Morgan fingerprint density at radius 2 is 1.96 bits per heavy atom. The number of nitrogen functional groups attached to an aromatic ring is 1. The Hall–Kier alpha value is -1.75. The lowest BCUT2D eigenvalue weighted by Gasteiger charge is -2.32. The summed E-state index contributed by atoms with van der Waals surface area (Å²) in [4.78, 5) is 26.3. The van der Waals surface area contributed by atoms with Crippen molar-refractivity contribution < 1.29 is 14.3 Å². The number of carbonyl (C=O) groups excluding carboxylic acids is 2. The van der Waals surface area contributed by atoms with Crippen molar-refractivity contribution in [2.75, 3.05) is 12.8 Å². The first-order valence-electron chi connectivity index (χ1n) is 7.93. The van der Waals surface area contributed by atoms with Crippen LogP contribution in [0.4, 0.5) is 5.69 Å². The summed E-state index contributed by atoms with van der Waals surface area (Å²) in [5, 5.41) is 0.378. The highest BCUT2D eigenvalue weighted by molar-refractivity contribution is 6.33. The van der Waals surface area contributed by atoms with Crippen molar-refractivity contribution in [2.45, 2.75) is 51.2 Å². The number of rotatable bonds is 4. The zero-order valence-corrected chi connectivity index (χ0v) is 14.3. The van der Waals surface area contributed by atoms with Crippen molar-refractivity contribution in [3.8, 4) is 0 Å². The molecule has 6 heteroatoms. The molecule has 1 saturated carbocycles. The summed E-state index contributed by atoms with van der Waals surface area (Å²) >= 11 is 5.83. The van der Waals surface area contributed by atoms with Crippen molar-refractivity contribution >= 4 is 29.2 Å². The van der Waals surface area contributed by atoms with E-state index in [2.05, 4.69) is 0 Å². The number of halogens is 1. The van der Waals surface area contributed by atoms with Gasteiger partial charge in [0.2, 0.25) is 0 Å². The minimum Gasteiger partial charge on any atom is -0.449 e. The molecule has 1 aromatic rings. The summed E-state index contributed by atoms with van der Waals surface area (Å²) < 4.78 is 5.28. The number of carbonyl (C=O) groups is 2. The number of likely N-dealkylation sites (N-methyl/N-ethyl adjacent to an activating group) is 1. The molecule has 1 aliphatic rings. The third kappa shape index (κ3) is 4.38. The molecule has 0 radical (unpaired) electrons. The summed E-state index contributed by atoms with van der Waals surface area (Å²) in [6.07, 6.45) is 4.70. The number of nitrogens with zero attached hydrogens (tertiary/aromatic N) is 1. The fraction of sp³-hybridized carbons (Fsp3) is 0.529. The van der Waals surface area contributed by atoms with Crippen LogP contribution in [0.15, 0.2) is 18.2 Å². The Bertz CT molecular complexity index is 585. The zero-order chi connectivity index (χ0) is 17.0. The normalized spacial score (nSPS) is 16.7. The highest BCUT2D eigenvalue weighted by Crippen LogP contribution is 2.23. The van der Waals surface area contributed by atoms with Crippen molar-refractivity contribution in [2.24, 2.45) is 0 Å². The van der Waals surface area contributed by atoms with Crippen LogP contribution in [0.5, 0.6) is 0 Å². The van der Waals surface area contributed by atoms with Gasteiger partial charge in [-0.3, -0.25) is 4.79 Å². The van der Waals surface area contributed by atoms with Gasteiger partial charge in [-0.15, -0.1) is 0 Å². The lowest BCUT2D eigenvalue weighted by Crippen LogP contribution is -2.44. The summed E-state index contributed by atoms with van der Waals surface area (Å²) in [7, 11) is 1.78. The predicted molar refractivity (Wildman–Crippen MR) is 90.4 cm³/mol. The number of ether oxygens (including phenoxy) is 1. The van der Waals surface area contributed by atoms with E-state index in [-0.39, 0.29) is 17.5 Å². The molecule has 1 atom stereocenters. The minimum atomic E-state index is -0.827. The van der Waals surface area contributed by atoms with E-state index in [0.29, 0.717) is 10.7 Å². The Labute approximate surface area is 141 Å². The lowest BCUT2D eigenvalue weighted by molar-refractivity contribution is -0.141. The standard InChI is InChI=1S/C17H23ClN2O3/c1-11(16(21)20(2)13-6-4-3-5-7-13)23-17(22)12-8-9-14(18)15(19)10-12/h8-11,13H,3-7,19H2,1-2H3/t11-/m0/s1. The van der Waals surface area contributed by atoms with E-state index in [1.807, 2.05) is 0 Å². The Morgan fingerprint density at radius 3 is 2.57 bits per heavy atom. The summed E-state index contributed by atoms with van der Waals surface area (Å²) in [6, 6.07) is 4.76. The molecule has 2 N–H and O–H groups in total. The van der Waals surface area contributed by atoms with Crippen LogP contribution < -0.4 is 5.73 Å². The first-order chi connectivity index (χ1) is 10.9. The van der Waals surface area contributed by atoms with Gasteiger partial charge in [0, 0.05) is 13.1 Å². The largest absolute Gasteiger partial charge is 0.449 e. The minimum absolute atomic E-state index is 0.174. The number of anilines is 1. The number of hydrogen-bond acceptors (Lipinski definition) is 4. The highest BCUT2D eigenvalue weighted by Gasteiger charge is 2.28. The quantitative estimate of drug-likeness (QED) is 0.675. The fourth-order valence-corrected chi connectivity index (χ4v) is 3.00. The van der Waals surface area contributed by atoms with Gasteiger partial charge in [0.1, 0.15) is 0 Å². The SMILES string of the molecule is C[C@H](OC(=O)c1ccc(Cl)c(N)c1)C(=O)N(C)C1CCCCC1. The molecule has 1 aliphatic carbocycles. The lowest BCUT2D eigenvalue weighted by atomic mass is 9.94. The Kier molecular flexibility index (Phi) is 5.88. The molecule has 0 saturated heterocycles. The maximum absolute atomic E-state index is 12.4. The molecule has 23 heavy (non-hydrogen) atoms. The van der Waals surface area contributed by atoms with Gasteiger partial charge in [0.05, 0.1) is 16.3 Å². The van der Waals surface area contributed by atoms with Crippen molar-refractivity contribution in [1.29, 1.82) is 0 Å². The van der Waals surface area contributed by atoms with Gasteiger partial charge in [-0.05, 0) is 38.0 Å². The highest BCUT2D eigenvalue weighted by atomic mass is 35.5. The third-order valence-electron chi connectivity index (χ3n) is 4.33. The van der Waals surface area contributed by atoms with Gasteiger partial charge < -0.3 is 15.4 Å². The molecule has 126 valence electrons. The van der Waals surface area contributed by atoms with Gasteiger partial charge in [0.25, 0.3) is 5.91 Å². The van der Waals surface area contributed by atoms with E-state index >= 15 is 0 Å². The molecule has 1 amide bonds. The zero-order valence-electron chi connectivity index (χ0n) is 13.5. The van der Waals surface area contributed by atoms with E-state index in [1.165, 1.54) is 24.6 Å². The second-order valence-electron chi connectivity index (χ2n) is 6.02. The van der Waals surface area contributed by atoms with Gasteiger partial charge in [-0.25, -0.2) is 4.79 Å². The van der Waals surface area contributed by atoms with E-state index in [9.17, 15) is 9.59 Å². The van der Waals surface area contributed by atoms with E-state index < -0.39 is 12.1 Å². The Morgan fingerprint density at radius 1 is 1.30 bits per heavy atom. The molecule has 1 aromatic carbocycles. The number of amides is 1. The van der Waals surface area contributed by atoms with E-state index in [0.717, 1.165) is 25.7 Å². The van der Waals surface area contributed by atoms with E-state index in [4.69, 9.17) is 22.1 Å². The van der Waals surface area contributed by atoms with Crippen LogP contribution in [-0.4, -0.2) is 36.0 Å². The van der Waals surface area contributed by atoms with Crippen LogP contribution >= 0.6 is 11.6 Å². The molecular weight excluding hydrogens is 316 g/mol. The maximum atomic E-state index is 12.4. The van der Waals surface area contributed by atoms with Gasteiger partial charge in [0.15, 0.2) is 6.10 Å². The first kappa shape index (κ1) is 17.6. The number of hydrogen-bond donors (Lipinski definition) is 1. The third-order valence-corrected chi connectivity index (χ3v) is 4.68. The molecule has 1 fully saturated rings. The molecule has 0 spiro atoms.